The molecule has 0 N–H and O–H groups in total. The summed E-state index contributed by atoms with van der Waals surface area (Å²) in [6.07, 6.45) is 3.98. The van der Waals surface area contributed by atoms with Gasteiger partial charge in [-0.3, -0.25) is 9.69 Å². The van der Waals surface area contributed by atoms with E-state index in [4.69, 9.17) is 0 Å². The minimum absolute atomic E-state index is 0.162. The minimum atomic E-state index is 0.162. The van der Waals surface area contributed by atoms with Crippen LogP contribution in [0.1, 0.15) is 55.8 Å². The summed E-state index contributed by atoms with van der Waals surface area (Å²) in [5, 5.41) is 0. The Kier molecular flexibility index (Phi) is 5.57. The third-order valence-corrected chi connectivity index (χ3v) is 8.26. The lowest BCUT2D eigenvalue weighted by Gasteiger charge is -2.41. The van der Waals surface area contributed by atoms with Gasteiger partial charge in [-0.15, -0.1) is 11.3 Å². The molecule has 3 heterocycles. The Bertz CT molecular complexity index is 1070. The van der Waals surface area contributed by atoms with Gasteiger partial charge in [-0.1, -0.05) is 37.3 Å². The molecule has 0 radical (unpaired) electrons. The van der Waals surface area contributed by atoms with E-state index in [9.17, 15) is 4.79 Å². The highest BCUT2D eigenvalue weighted by atomic mass is 32.1. The van der Waals surface area contributed by atoms with Gasteiger partial charge in [-0.2, -0.15) is 0 Å². The number of amides is 1. The predicted molar refractivity (Wildman–Crippen MR) is 127 cm³/mol. The van der Waals surface area contributed by atoms with Gasteiger partial charge in [0.15, 0.2) is 0 Å². The van der Waals surface area contributed by atoms with Crippen LogP contribution in [-0.4, -0.2) is 40.3 Å². The number of fused-ring (bicyclic) bond motifs is 1. The average Bonchev–Trinajstić information content (AvgIpc) is 3.38. The van der Waals surface area contributed by atoms with Crippen LogP contribution in [0.3, 0.4) is 0 Å². The summed E-state index contributed by atoms with van der Waals surface area (Å²) < 4.78 is 1.25. The molecule has 1 aromatic heterocycles. The number of aryl methyl sites for hydroxylation is 1. The third-order valence-electron chi connectivity index (χ3n) is 7.45. The molecule has 3 aromatic rings. The van der Waals surface area contributed by atoms with Crippen molar-refractivity contribution in [1.29, 1.82) is 0 Å². The lowest BCUT2D eigenvalue weighted by atomic mass is 9.77. The molecule has 2 aliphatic rings. The lowest BCUT2D eigenvalue weighted by molar-refractivity contribution is -0.128. The maximum absolute atomic E-state index is 12.8. The molecule has 1 unspecified atom stereocenters. The van der Waals surface area contributed by atoms with Gasteiger partial charge in [-0.25, -0.2) is 4.98 Å². The number of hydrogen-bond donors (Lipinski definition) is 0. The Morgan fingerprint density at radius 2 is 1.84 bits per heavy atom. The number of rotatable bonds is 5. The fraction of sp³-hybridized carbons (Fsp3) is 0.462. The van der Waals surface area contributed by atoms with Crippen LogP contribution >= 0.6 is 11.3 Å². The van der Waals surface area contributed by atoms with Crippen molar-refractivity contribution in [2.45, 2.75) is 52.1 Å². The number of benzene rings is 2. The zero-order valence-corrected chi connectivity index (χ0v) is 19.3. The lowest BCUT2D eigenvalue weighted by Crippen LogP contribution is -2.42. The second-order valence-electron chi connectivity index (χ2n) is 9.39. The van der Waals surface area contributed by atoms with Gasteiger partial charge < -0.3 is 4.90 Å². The number of carbonyl (C=O) groups is 1. The van der Waals surface area contributed by atoms with Crippen molar-refractivity contribution in [2.24, 2.45) is 5.41 Å². The van der Waals surface area contributed by atoms with Crippen molar-refractivity contribution >= 4 is 27.5 Å². The molecule has 0 bridgehead atoms. The molecule has 0 aliphatic carbocycles. The topological polar surface area (TPSA) is 36.4 Å². The van der Waals surface area contributed by atoms with E-state index in [1.807, 2.05) is 5.51 Å². The maximum Gasteiger partial charge on any atom is 0.223 e. The molecule has 31 heavy (non-hydrogen) atoms. The molecule has 1 amide bonds. The second kappa shape index (κ2) is 8.36. The van der Waals surface area contributed by atoms with Crippen LogP contribution in [0, 0.1) is 5.41 Å². The first-order valence-electron chi connectivity index (χ1n) is 11.5. The molecule has 2 saturated heterocycles. The van der Waals surface area contributed by atoms with Crippen LogP contribution in [0.25, 0.3) is 10.2 Å². The summed E-state index contributed by atoms with van der Waals surface area (Å²) >= 11 is 1.70. The summed E-state index contributed by atoms with van der Waals surface area (Å²) in [6.45, 7) is 8.25. The van der Waals surface area contributed by atoms with Crippen molar-refractivity contribution in [3.63, 3.8) is 0 Å². The number of nitrogens with zero attached hydrogens (tertiary/aromatic N) is 3. The Labute approximate surface area is 188 Å². The molecular formula is C26H31N3OS. The third kappa shape index (κ3) is 4.13. The first-order valence-corrected chi connectivity index (χ1v) is 12.4. The average molecular weight is 434 g/mol. The predicted octanol–water partition coefficient (Wildman–Crippen LogP) is 5.43. The molecule has 5 rings (SSSR count). The van der Waals surface area contributed by atoms with E-state index < -0.39 is 0 Å². The Morgan fingerprint density at radius 1 is 1.10 bits per heavy atom. The molecule has 162 valence electrons. The minimum Gasteiger partial charge on any atom is -0.338 e. The summed E-state index contributed by atoms with van der Waals surface area (Å²) in [5.41, 5.74) is 7.12. The van der Waals surface area contributed by atoms with Gasteiger partial charge >= 0.3 is 0 Å². The van der Waals surface area contributed by atoms with E-state index in [0.29, 0.717) is 18.4 Å². The molecule has 2 aromatic carbocycles. The van der Waals surface area contributed by atoms with E-state index in [1.165, 1.54) is 21.4 Å². The summed E-state index contributed by atoms with van der Waals surface area (Å²) in [6, 6.07) is 15.8. The number of thiazole rings is 1. The smallest absolute Gasteiger partial charge is 0.223 e. The zero-order valence-electron chi connectivity index (χ0n) is 18.5. The van der Waals surface area contributed by atoms with Crippen LogP contribution in [0.4, 0.5) is 0 Å². The normalized spacial score (nSPS) is 20.1. The van der Waals surface area contributed by atoms with Gasteiger partial charge in [0.25, 0.3) is 0 Å². The monoisotopic (exact) mass is 433 g/mol. The van der Waals surface area contributed by atoms with E-state index >= 15 is 0 Å². The van der Waals surface area contributed by atoms with Crippen LogP contribution in [0.2, 0.25) is 0 Å². The number of hydrogen-bond acceptors (Lipinski definition) is 4. The molecule has 4 nitrogen and oxygen atoms in total. The molecule has 2 fully saturated rings. The second-order valence-corrected chi connectivity index (χ2v) is 10.3. The Hall–Kier alpha value is -2.24. The van der Waals surface area contributed by atoms with Gasteiger partial charge in [0.1, 0.15) is 0 Å². The molecule has 2 aliphatic heterocycles. The van der Waals surface area contributed by atoms with Gasteiger partial charge in [0.05, 0.1) is 15.7 Å². The fourth-order valence-corrected chi connectivity index (χ4v) is 5.95. The number of carbonyl (C=O) groups excluding carboxylic acids is 1. The van der Waals surface area contributed by atoms with Gasteiger partial charge in [0.2, 0.25) is 5.91 Å². The van der Waals surface area contributed by atoms with Gasteiger partial charge in [-0.05, 0) is 73.5 Å². The van der Waals surface area contributed by atoms with E-state index in [1.54, 1.807) is 11.3 Å². The largest absolute Gasteiger partial charge is 0.338 e. The highest BCUT2D eigenvalue weighted by Crippen LogP contribution is 2.43. The first-order chi connectivity index (χ1) is 15.0. The zero-order chi connectivity index (χ0) is 21.4. The van der Waals surface area contributed by atoms with Crippen LogP contribution < -0.4 is 0 Å². The van der Waals surface area contributed by atoms with Crippen molar-refractivity contribution in [3.05, 3.63) is 64.7 Å². The van der Waals surface area contributed by atoms with Crippen molar-refractivity contribution in [2.75, 3.05) is 19.6 Å². The van der Waals surface area contributed by atoms with Crippen LogP contribution in [-0.2, 0) is 17.8 Å². The summed E-state index contributed by atoms with van der Waals surface area (Å²) in [4.78, 5) is 22.0. The summed E-state index contributed by atoms with van der Waals surface area (Å²) in [5.74, 6) is 0.329. The molecule has 1 atom stereocenters. The van der Waals surface area contributed by atoms with Gasteiger partial charge in [0, 0.05) is 25.6 Å². The molecule has 1 spiro atoms. The van der Waals surface area contributed by atoms with E-state index in [2.05, 4.69) is 71.1 Å². The Morgan fingerprint density at radius 3 is 2.58 bits per heavy atom. The summed E-state index contributed by atoms with van der Waals surface area (Å²) in [7, 11) is 0. The number of piperidine rings is 1. The van der Waals surface area contributed by atoms with Crippen LogP contribution in [0.5, 0.6) is 0 Å². The SMILES string of the molecule is CCc1ccc(CN2CC3(CCN(C(C)c4ccc5scnc5c4)CC3)CC2=O)cc1. The Balaban J connectivity index is 1.21. The van der Waals surface area contributed by atoms with Crippen molar-refractivity contribution < 1.29 is 4.79 Å². The number of likely N-dealkylation sites (tertiary alicyclic amines) is 2. The maximum atomic E-state index is 12.8. The number of aromatic nitrogens is 1. The highest BCUT2D eigenvalue weighted by Gasteiger charge is 2.45. The molecular weight excluding hydrogens is 402 g/mol. The molecule has 0 saturated carbocycles. The van der Waals surface area contributed by atoms with E-state index in [-0.39, 0.29) is 5.41 Å². The molecule has 5 heteroatoms. The van der Waals surface area contributed by atoms with Crippen molar-refractivity contribution in [1.82, 2.24) is 14.8 Å². The fourth-order valence-electron chi connectivity index (χ4n) is 5.29. The quantitative estimate of drug-likeness (QED) is 0.538. The van der Waals surface area contributed by atoms with Crippen LogP contribution in [0.15, 0.2) is 48.0 Å². The standard InChI is InChI=1S/C26H31N3OS/c1-3-20-4-6-21(7-5-20)16-29-17-26(15-25(29)30)10-12-28(13-11-26)19(2)22-8-9-24-23(14-22)27-18-31-24/h4-9,14,18-19H,3,10-13,15-17H2,1-2H3. The first kappa shape index (κ1) is 20.7. The van der Waals surface area contributed by atoms with E-state index in [0.717, 1.165) is 51.0 Å². The van der Waals surface area contributed by atoms with Crippen molar-refractivity contribution in [3.8, 4) is 0 Å². The highest BCUT2D eigenvalue weighted by molar-refractivity contribution is 7.16.